The number of aryl methyl sites for hydroxylation is 2. The van der Waals surface area contributed by atoms with E-state index in [-0.39, 0.29) is 0 Å². The van der Waals surface area contributed by atoms with Gasteiger partial charge < -0.3 is 9.72 Å². The first-order valence-electron chi connectivity index (χ1n) is 8.06. The maximum atomic E-state index is 5.18. The van der Waals surface area contributed by atoms with Crippen molar-refractivity contribution in [3.63, 3.8) is 0 Å². The third kappa shape index (κ3) is 2.74. The smallest absolute Gasteiger partial charge is 0.213 e. The van der Waals surface area contributed by atoms with Gasteiger partial charge in [-0.15, -0.1) is 0 Å². The van der Waals surface area contributed by atoms with Crippen molar-refractivity contribution in [1.82, 2.24) is 19.9 Å². The number of aromatic nitrogens is 4. The number of methoxy groups -OCH3 is 1. The van der Waals surface area contributed by atoms with Crippen LogP contribution in [0.25, 0.3) is 33.4 Å². The molecule has 5 heteroatoms. The monoisotopic (exact) mass is 330 g/mol. The lowest BCUT2D eigenvalue weighted by Gasteiger charge is -2.07. The van der Waals surface area contributed by atoms with Crippen LogP contribution < -0.4 is 4.74 Å². The minimum absolute atomic E-state index is 0.617. The Labute approximate surface area is 145 Å². The largest absolute Gasteiger partial charge is 0.481 e. The van der Waals surface area contributed by atoms with Gasteiger partial charge in [-0.3, -0.25) is 4.98 Å². The summed E-state index contributed by atoms with van der Waals surface area (Å²) in [5.41, 5.74) is 7.34. The van der Waals surface area contributed by atoms with Crippen molar-refractivity contribution in [1.29, 1.82) is 0 Å². The summed E-state index contributed by atoms with van der Waals surface area (Å²) in [5.74, 6) is 0.617. The number of pyridine rings is 3. The lowest BCUT2D eigenvalue weighted by Crippen LogP contribution is -1.91. The molecule has 0 aliphatic heterocycles. The molecule has 0 bridgehead atoms. The van der Waals surface area contributed by atoms with Gasteiger partial charge in [-0.25, -0.2) is 9.97 Å². The van der Waals surface area contributed by atoms with E-state index < -0.39 is 0 Å². The fourth-order valence-electron chi connectivity index (χ4n) is 3.00. The average molecular weight is 330 g/mol. The van der Waals surface area contributed by atoms with Gasteiger partial charge in [0.1, 0.15) is 5.65 Å². The average Bonchev–Trinajstić information content (AvgIpc) is 3.04. The third-order valence-electron chi connectivity index (χ3n) is 4.41. The first-order chi connectivity index (χ1) is 12.2. The first-order valence-corrected chi connectivity index (χ1v) is 8.06. The van der Waals surface area contributed by atoms with E-state index in [1.165, 1.54) is 5.56 Å². The van der Waals surface area contributed by atoms with E-state index in [1.807, 2.05) is 37.6 Å². The summed E-state index contributed by atoms with van der Waals surface area (Å²) in [6, 6.07) is 8.18. The fraction of sp³-hybridized carbons (Fsp3) is 0.150. The van der Waals surface area contributed by atoms with Crippen molar-refractivity contribution in [2.45, 2.75) is 13.8 Å². The van der Waals surface area contributed by atoms with Crippen molar-refractivity contribution in [3.8, 4) is 28.3 Å². The van der Waals surface area contributed by atoms with Gasteiger partial charge in [-0.1, -0.05) is 0 Å². The number of ether oxygens (including phenoxy) is 1. The topological polar surface area (TPSA) is 63.7 Å². The third-order valence-corrected chi connectivity index (χ3v) is 4.41. The van der Waals surface area contributed by atoms with Crippen LogP contribution in [0.1, 0.15) is 11.1 Å². The maximum absolute atomic E-state index is 5.18. The van der Waals surface area contributed by atoms with E-state index >= 15 is 0 Å². The summed E-state index contributed by atoms with van der Waals surface area (Å²) in [7, 11) is 1.62. The van der Waals surface area contributed by atoms with Gasteiger partial charge in [0.2, 0.25) is 5.88 Å². The van der Waals surface area contributed by atoms with Crippen molar-refractivity contribution in [2.75, 3.05) is 7.11 Å². The molecule has 0 amide bonds. The predicted octanol–water partition coefficient (Wildman–Crippen LogP) is 4.31. The summed E-state index contributed by atoms with van der Waals surface area (Å²) in [4.78, 5) is 16.5. The van der Waals surface area contributed by atoms with Gasteiger partial charge in [-0.05, 0) is 43.2 Å². The molecule has 0 aliphatic carbocycles. The zero-order valence-corrected chi connectivity index (χ0v) is 14.4. The Morgan fingerprint density at radius 3 is 2.56 bits per heavy atom. The van der Waals surface area contributed by atoms with Crippen LogP contribution in [-0.2, 0) is 0 Å². The van der Waals surface area contributed by atoms with Crippen molar-refractivity contribution >= 4 is 11.0 Å². The molecule has 0 saturated carbocycles. The fourth-order valence-corrected chi connectivity index (χ4v) is 3.00. The number of hydrogen-bond donors (Lipinski definition) is 1. The molecular formula is C20H18N4O. The molecule has 0 aromatic carbocycles. The molecule has 0 unspecified atom stereocenters. The van der Waals surface area contributed by atoms with Crippen LogP contribution in [0.4, 0.5) is 0 Å². The van der Waals surface area contributed by atoms with Crippen LogP contribution in [0, 0.1) is 13.8 Å². The highest BCUT2D eigenvalue weighted by Crippen LogP contribution is 2.30. The molecule has 4 rings (SSSR count). The summed E-state index contributed by atoms with van der Waals surface area (Å²) in [6.45, 7) is 4.12. The van der Waals surface area contributed by atoms with E-state index in [2.05, 4.69) is 39.0 Å². The van der Waals surface area contributed by atoms with Gasteiger partial charge in [0.05, 0.1) is 7.11 Å². The van der Waals surface area contributed by atoms with Crippen LogP contribution in [0.5, 0.6) is 5.88 Å². The predicted molar refractivity (Wildman–Crippen MR) is 98.6 cm³/mol. The second-order valence-corrected chi connectivity index (χ2v) is 6.08. The highest BCUT2D eigenvalue weighted by molar-refractivity contribution is 5.87. The molecule has 0 radical (unpaired) electrons. The molecular weight excluding hydrogens is 312 g/mol. The van der Waals surface area contributed by atoms with Crippen LogP contribution in [0.15, 0.2) is 49.1 Å². The SMILES string of the molecule is COc1cc(C)c(-c2cnc3[nH]c(-c4cnccc4C)cc3c2)cn1. The summed E-state index contributed by atoms with van der Waals surface area (Å²) in [6.07, 6.45) is 7.38. The summed E-state index contributed by atoms with van der Waals surface area (Å²) in [5, 5.41) is 1.06. The molecule has 4 aromatic heterocycles. The molecule has 0 aliphatic rings. The Kier molecular flexibility index (Phi) is 3.69. The molecule has 1 N–H and O–H groups in total. The van der Waals surface area contributed by atoms with Gasteiger partial charge in [0.25, 0.3) is 0 Å². The number of hydrogen-bond acceptors (Lipinski definition) is 4. The summed E-state index contributed by atoms with van der Waals surface area (Å²) >= 11 is 0. The van der Waals surface area contributed by atoms with E-state index in [0.717, 1.165) is 39.0 Å². The number of nitrogens with zero attached hydrogens (tertiary/aromatic N) is 3. The molecule has 25 heavy (non-hydrogen) atoms. The Morgan fingerprint density at radius 1 is 0.920 bits per heavy atom. The number of H-pyrrole nitrogens is 1. The van der Waals surface area contributed by atoms with Crippen molar-refractivity contribution in [3.05, 3.63) is 60.2 Å². The maximum Gasteiger partial charge on any atom is 0.213 e. The highest BCUT2D eigenvalue weighted by Gasteiger charge is 2.10. The number of rotatable bonds is 3. The molecule has 4 aromatic rings. The van der Waals surface area contributed by atoms with E-state index in [4.69, 9.17) is 4.74 Å². The van der Waals surface area contributed by atoms with Crippen LogP contribution >= 0.6 is 0 Å². The Hall–Kier alpha value is -3.21. The van der Waals surface area contributed by atoms with Gasteiger partial charge in [0, 0.05) is 58.6 Å². The van der Waals surface area contributed by atoms with Crippen LogP contribution in [-0.4, -0.2) is 27.0 Å². The quantitative estimate of drug-likeness (QED) is 0.608. The van der Waals surface area contributed by atoms with E-state index in [1.54, 1.807) is 13.3 Å². The molecule has 0 saturated heterocycles. The Morgan fingerprint density at radius 2 is 1.80 bits per heavy atom. The van der Waals surface area contributed by atoms with Gasteiger partial charge >= 0.3 is 0 Å². The van der Waals surface area contributed by atoms with Crippen LogP contribution in [0.3, 0.4) is 0 Å². The Bertz CT molecular complexity index is 1070. The minimum Gasteiger partial charge on any atom is -0.481 e. The standard InChI is InChI=1S/C20H18N4O/c1-12-4-5-21-10-17(12)18-8-14-7-15(9-23-20(14)24-18)16-11-22-19(25-3)6-13(16)2/h4-11H,1-3H3,(H,23,24). The second kappa shape index (κ2) is 6.02. The number of aromatic amines is 1. The zero-order valence-electron chi connectivity index (χ0n) is 14.4. The Balaban J connectivity index is 1.80. The zero-order chi connectivity index (χ0) is 17.4. The lowest BCUT2D eigenvalue weighted by molar-refractivity contribution is 0.397. The molecule has 0 fully saturated rings. The van der Waals surface area contributed by atoms with E-state index in [0.29, 0.717) is 5.88 Å². The molecule has 5 nitrogen and oxygen atoms in total. The second-order valence-electron chi connectivity index (χ2n) is 6.08. The van der Waals surface area contributed by atoms with Crippen LogP contribution in [0.2, 0.25) is 0 Å². The summed E-state index contributed by atoms with van der Waals surface area (Å²) < 4.78 is 5.18. The van der Waals surface area contributed by atoms with Gasteiger partial charge in [0.15, 0.2) is 0 Å². The minimum atomic E-state index is 0.617. The molecule has 0 spiro atoms. The normalized spacial score (nSPS) is 11.0. The molecule has 0 atom stereocenters. The van der Waals surface area contributed by atoms with Crippen molar-refractivity contribution < 1.29 is 4.74 Å². The lowest BCUT2D eigenvalue weighted by atomic mass is 10.0. The number of nitrogens with one attached hydrogen (secondary N) is 1. The molecule has 124 valence electrons. The van der Waals surface area contributed by atoms with Crippen molar-refractivity contribution in [2.24, 2.45) is 0 Å². The van der Waals surface area contributed by atoms with E-state index in [9.17, 15) is 0 Å². The number of fused-ring (bicyclic) bond motifs is 1. The first kappa shape index (κ1) is 15.3. The molecule has 4 heterocycles. The highest BCUT2D eigenvalue weighted by atomic mass is 16.5. The van der Waals surface area contributed by atoms with Gasteiger partial charge in [-0.2, -0.15) is 0 Å².